The van der Waals surface area contributed by atoms with Gasteiger partial charge in [0, 0.05) is 5.56 Å². The van der Waals surface area contributed by atoms with Gasteiger partial charge in [0.2, 0.25) is 11.5 Å². The summed E-state index contributed by atoms with van der Waals surface area (Å²) in [6.45, 7) is 3.86. The maximum absolute atomic E-state index is 12.9. The summed E-state index contributed by atoms with van der Waals surface area (Å²) in [7, 11) is 0. The number of nitrogen functional groups attached to an aromatic ring is 1. The van der Waals surface area contributed by atoms with Crippen molar-refractivity contribution < 1.29 is 9.21 Å². The van der Waals surface area contributed by atoms with Crippen LogP contribution in [0.5, 0.6) is 0 Å². The SMILES string of the molecule is C=CCN(NC(=O)c1oc2nc(-c3ccccc3)cc(-c3ccccc3)c2c1N)C(N)=S. The number of anilines is 1. The van der Waals surface area contributed by atoms with E-state index in [0.29, 0.717) is 11.1 Å². The van der Waals surface area contributed by atoms with Crippen LogP contribution in [0, 0.1) is 0 Å². The number of furan rings is 1. The molecule has 5 N–H and O–H groups in total. The van der Waals surface area contributed by atoms with E-state index < -0.39 is 5.91 Å². The summed E-state index contributed by atoms with van der Waals surface area (Å²) in [5.74, 6) is -0.657. The number of aromatic nitrogens is 1. The van der Waals surface area contributed by atoms with E-state index in [4.69, 9.17) is 28.1 Å². The number of nitrogens with two attached hydrogens (primary N) is 2. The number of hydrogen-bond acceptors (Lipinski definition) is 5. The van der Waals surface area contributed by atoms with Crippen LogP contribution in [0.25, 0.3) is 33.5 Å². The number of thiocarbonyl (C=S) groups is 1. The van der Waals surface area contributed by atoms with Crippen LogP contribution in [-0.2, 0) is 0 Å². The molecule has 160 valence electrons. The summed E-state index contributed by atoms with van der Waals surface area (Å²) in [4.78, 5) is 17.6. The summed E-state index contributed by atoms with van der Waals surface area (Å²) in [5, 5.41) is 1.83. The maximum atomic E-state index is 12.9. The van der Waals surface area contributed by atoms with Crippen LogP contribution in [0.4, 0.5) is 5.69 Å². The number of rotatable bonds is 5. The molecule has 2 heterocycles. The second kappa shape index (κ2) is 8.91. The molecular weight excluding hydrogens is 422 g/mol. The number of pyridine rings is 1. The molecule has 0 saturated heterocycles. The first kappa shape index (κ1) is 21.1. The molecule has 2 aromatic heterocycles. The third kappa shape index (κ3) is 4.03. The minimum Gasteiger partial charge on any atom is -0.430 e. The molecule has 4 aromatic rings. The van der Waals surface area contributed by atoms with E-state index in [-0.39, 0.29) is 28.8 Å². The second-order valence-electron chi connectivity index (χ2n) is 6.99. The van der Waals surface area contributed by atoms with Gasteiger partial charge in [-0.15, -0.1) is 6.58 Å². The molecule has 32 heavy (non-hydrogen) atoms. The lowest BCUT2D eigenvalue weighted by Crippen LogP contribution is -2.48. The van der Waals surface area contributed by atoms with Crippen LogP contribution in [0.15, 0.2) is 83.8 Å². The van der Waals surface area contributed by atoms with E-state index in [1.54, 1.807) is 6.08 Å². The number of nitrogens with one attached hydrogen (secondary N) is 1. The summed E-state index contributed by atoms with van der Waals surface area (Å²) in [6.07, 6.45) is 1.56. The fourth-order valence-electron chi connectivity index (χ4n) is 3.38. The molecule has 0 bridgehead atoms. The molecule has 0 saturated carbocycles. The zero-order valence-electron chi connectivity index (χ0n) is 17.1. The van der Waals surface area contributed by atoms with Crippen molar-refractivity contribution in [2.75, 3.05) is 12.3 Å². The maximum Gasteiger partial charge on any atom is 0.307 e. The van der Waals surface area contributed by atoms with E-state index in [0.717, 1.165) is 16.7 Å². The predicted molar refractivity (Wildman–Crippen MR) is 130 cm³/mol. The highest BCUT2D eigenvalue weighted by atomic mass is 32.1. The van der Waals surface area contributed by atoms with Crippen molar-refractivity contribution in [3.8, 4) is 22.4 Å². The third-order valence-electron chi connectivity index (χ3n) is 4.87. The Labute approximate surface area is 190 Å². The minimum absolute atomic E-state index is 0.0117. The fourth-order valence-corrected chi connectivity index (χ4v) is 3.51. The quantitative estimate of drug-likeness (QED) is 0.242. The van der Waals surface area contributed by atoms with Crippen LogP contribution in [0.1, 0.15) is 10.6 Å². The lowest BCUT2D eigenvalue weighted by Gasteiger charge is -2.20. The number of fused-ring (bicyclic) bond motifs is 1. The Bertz CT molecular complexity index is 1300. The van der Waals surface area contributed by atoms with Crippen LogP contribution >= 0.6 is 12.2 Å². The average Bonchev–Trinajstić information content (AvgIpc) is 3.15. The van der Waals surface area contributed by atoms with Gasteiger partial charge in [0.15, 0.2) is 5.11 Å². The summed E-state index contributed by atoms with van der Waals surface area (Å²) < 4.78 is 5.86. The Morgan fingerprint density at radius 2 is 1.75 bits per heavy atom. The Balaban J connectivity index is 1.87. The van der Waals surface area contributed by atoms with Gasteiger partial charge in [0.25, 0.3) is 0 Å². The van der Waals surface area contributed by atoms with Gasteiger partial charge in [-0.2, -0.15) is 0 Å². The average molecular weight is 444 g/mol. The number of carbonyl (C=O) groups is 1. The molecule has 0 atom stereocenters. The van der Waals surface area contributed by atoms with Gasteiger partial charge in [0.05, 0.1) is 23.3 Å². The van der Waals surface area contributed by atoms with Crippen molar-refractivity contribution in [3.05, 3.63) is 85.1 Å². The number of hydrogen-bond donors (Lipinski definition) is 3. The Hall–Kier alpha value is -4.17. The van der Waals surface area contributed by atoms with Crippen molar-refractivity contribution in [3.63, 3.8) is 0 Å². The van der Waals surface area contributed by atoms with E-state index in [9.17, 15) is 4.79 Å². The largest absolute Gasteiger partial charge is 0.430 e. The standard InChI is InChI=1S/C24H21N5O2S/c1-2-13-29(24(26)32)28-22(30)21-20(25)19-17(15-9-5-3-6-10-15)14-18(27-23(19)31-21)16-11-7-4-8-12-16/h2-12,14H,1,13,25H2,(H2,26,32)(H,28,30). The molecule has 0 unspecified atom stereocenters. The molecule has 0 aliphatic heterocycles. The van der Waals surface area contributed by atoms with Gasteiger partial charge < -0.3 is 15.9 Å². The van der Waals surface area contributed by atoms with E-state index in [1.165, 1.54) is 5.01 Å². The monoisotopic (exact) mass is 443 g/mol. The van der Waals surface area contributed by atoms with Crippen LogP contribution in [-0.4, -0.2) is 27.6 Å². The molecule has 8 heteroatoms. The first-order valence-corrected chi connectivity index (χ1v) is 10.2. The van der Waals surface area contributed by atoms with Crippen LogP contribution < -0.4 is 16.9 Å². The van der Waals surface area contributed by atoms with E-state index >= 15 is 0 Å². The molecule has 4 rings (SSSR count). The zero-order valence-corrected chi connectivity index (χ0v) is 17.9. The lowest BCUT2D eigenvalue weighted by atomic mass is 9.99. The van der Waals surface area contributed by atoms with Gasteiger partial charge >= 0.3 is 5.91 Å². The highest BCUT2D eigenvalue weighted by Gasteiger charge is 2.24. The minimum atomic E-state index is -0.588. The Morgan fingerprint density at radius 1 is 1.12 bits per heavy atom. The molecule has 0 radical (unpaired) electrons. The van der Waals surface area contributed by atoms with Gasteiger partial charge in [-0.05, 0) is 29.4 Å². The van der Waals surface area contributed by atoms with E-state index in [2.05, 4.69) is 17.0 Å². The first-order chi connectivity index (χ1) is 15.5. The first-order valence-electron chi connectivity index (χ1n) is 9.82. The van der Waals surface area contributed by atoms with Crippen molar-refractivity contribution in [1.29, 1.82) is 0 Å². The van der Waals surface area contributed by atoms with Gasteiger partial charge in [-0.1, -0.05) is 66.7 Å². The van der Waals surface area contributed by atoms with E-state index in [1.807, 2.05) is 66.7 Å². The Kier molecular flexibility index (Phi) is 5.87. The molecule has 0 aliphatic rings. The summed E-state index contributed by atoms with van der Waals surface area (Å²) in [6, 6.07) is 21.4. The zero-order chi connectivity index (χ0) is 22.7. The van der Waals surface area contributed by atoms with Crippen molar-refractivity contribution in [2.24, 2.45) is 5.73 Å². The lowest BCUT2D eigenvalue weighted by molar-refractivity contribution is 0.0853. The highest BCUT2D eigenvalue weighted by Crippen LogP contribution is 2.38. The molecular formula is C24H21N5O2S. The predicted octanol–water partition coefficient (Wildman–Crippen LogP) is 4.12. The normalized spacial score (nSPS) is 10.6. The molecule has 2 aromatic carbocycles. The third-order valence-corrected chi connectivity index (χ3v) is 5.09. The van der Waals surface area contributed by atoms with Gasteiger partial charge in [0.1, 0.15) is 0 Å². The topological polar surface area (TPSA) is 110 Å². The molecule has 0 spiro atoms. The number of benzene rings is 2. The molecule has 7 nitrogen and oxygen atoms in total. The van der Waals surface area contributed by atoms with Gasteiger partial charge in [-0.25, -0.2) is 4.98 Å². The van der Waals surface area contributed by atoms with Crippen molar-refractivity contribution >= 4 is 40.0 Å². The molecule has 0 aliphatic carbocycles. The highest BCUT2D eigenvalue weighted by molar-refractivity contribution is 7.80. The second-order valence-corrected chi connectivity index (χ2v) is 7.41. The Morgan fingerprint density at radius 3 is 2.34 bits per heavy atom. The number of amides is 1. The summed E-state index contributed by atoms with van der Waals surface area (Å²) >= 11 is 4.97. The smallest absolute Gasteiger partial charge is 0.307 e. The number of hydrazine groups is 1. The molecule has 0 fully saturated rings. The molecule has 1 amide bonds. The van der Waals surface area contributed by atoms with Gasteiger partial charge in [-0.3, -0.25) is 15.2 Å². The van der Waals surface area contributed by atoms with Crippen LogP contribution in [0.2, 0.25) is 0 Å². The number of carbonyl (C=O) groups excluding carboxylic acids is 1. The van der Waals surface area contributed by atoms with Crippen LogP contribution in [0.3, 0.4) is 0 Å². The van der Waals surface area contributed by atoms with Crippen molar-refractivity contribution in [1.82, 2.24) is 15.4 Å². The van der Waals surface area contributed by atoms with Crippen molar-refractivity contribution in [2.45, 2.75) is 0 Å². The number of nitrogens with zero attached hydrogens (tertiary/aromatic N) is 2. The summed E-state index contributed by atoms with van der Waals surface area (Å²) in [5.41, 5.74) is 18.5. The fraction of sp³-hybridized carbons (Fsp3) is 0.0417.